The molecule has 0 aliphatic carbocycles. The minimum absolute atomic E-state index is 0.138. The fourth-order valence-corrected chi connectivity index (χ4v) is 2.33. The maximum atomic E-state index is 11.9. The van der Waals surface area contributed by atoms with Crippen molar-refractivity contribution in [2.75, 3.05) is 13.2 Å². The number of benzene rings is 1. The molecule has 116 valence electrons. The molecular weight excluding hydrogens is 276 g/mol. The van der Waals surface area contributed by atoms with Crippen molar-refractivity contribution < 1.29 is 9.53 Å². The zero-order valence-electron chi connectivity index (χ0n) is 13.3. The van der Waals surface area contributed by atoms with E-state index in [-0.39, 0.29) is 5.91 Å². The number of pyridine rings is 1. The first-order valence-electron chi connectivity index (χ1n) is 7.54. The first-order chi connectivity index (χ1) is 10.6. The van der Waals surface area contributed by atoms with E-state index in [1.54, 1.807) is 18.3 Å². The van der Waals surface area contributed by atoms with E-state index >= 15 is 0 Å². The maximum absolute atomic E-state index is 11.9. The Morgan fingerprint density at radius 2 is 2.05 bits per heavy atom. The van der Waals surface area contributed by atoms with Crippen LogP contribution in [-0.4, -0.2) is 24.0 Å². The van der Waals surface area contributed by atoms with Crippen molar-refractivity contribution in [2.24, 2.45) is 0 Å². The molecule has 0 radical (unpaired) electrons. The first kappa shape index (κ1) is 16.0. The summed E-state index contributed by atoms with van der Waals surface area (Å²) in [5, 5.41) is 2.90. The van der Waals surface area contributed by atoms with E-state index in [1.165, 1.54) is 11.1 Å². The Bertz CT molecular complexity index is 639. The smallest absolute Gasteiger partial charge is 0.269 e. The molecule has 0 atom stereocenters. The van der Waals surface area contributed by atoms with Crippen LogP contribution in [0.4, 0.5) is 0 Å². The van der Waals surface area contributed by atoms with Crippen molar-refractivity contribution >= 4 is 5.91 Å². The summed E-state index contributed by atoms with van der Waals surface area (Å²) >= 11 is 0. The molecule has 0 fully saturated rings. The highest BCUT2D eigenvalue weighted by Crippen LogP contribution is 2.23. The lowest BCUT2D eigenvalue weighted by atomic mass is 10.0. The van der Waals surface area contributed by atoms with Gasteiger partial charge in [0.1, 0.15) is 11.4 Å². The van der Waals surface area contributed by atoms with Gasteiger partial charge in [0.05, 0.1) is 6.61 Å². The molecule has 2 rings (SSSR count). The quantitative estimate of drug-likeness (QED) is 0.891. The molecule has 0 unspecified atom stereocenters. The largest absolute Gasteiger partial charge is 0.494 e. The second-order valence-electron chi connectivity index (χ2n) is 5.20. The van der Waals surface area contributed by atoms with E-state index in [9.17, 15) is 4.79 Å². The first-order valence-corrected chi connectivity index (χ1v) is 7.54. The minimum atomic E-state index is -0.138. The Morgan fingerprint density at radius 3 is 2.73 bits per heavy atom. The number of rotatable bonds is 6. The summed E-state index contributed by atoms with van der Waals surface area (Å²) in [6, 6.07) is 9.51. The number of hydrogen-bond acceptors (Lipinski definition) is 3. The standard InChI is InChI=1S/C18H22N2O2/c1-4-22-17-12-13(2)15(11-14(17)3)8-10-20-18(21)16-7-5-6-9-19-16/h5-7,9,11-12H,4,8,10H2,1-3H3,(H,20,21). The lowest BCUT2D eigenvalue weighted by Crippen LogP contribution is -2.26. The third kappa shape index (κ3) is 4.07. The van der Waals surface area contributed by atoms with Crippen molar-refractivity contribution in [1.82, 2.24) is 10.3 Å². The number of ether oxygens (including phenoxy) is 1. The average Bonchev–Trinajstić information content (AvgIpc) is 2.53. The number of nitrogens with one attached hydrogen (secondary N) is 1. The van der Waals surface area contributed by atoms with E-state index < -0.39 is 0 Å². The summed E-state index contributed by atoms with van der Waals surface area (Å²) in [6.07, 6.45) is 2.41. The Labute approximate surface area is 131 Å². The number of nitrogens with zero attached hydrogens (tertiary/aromatic N) is 1. The molecule has 0 saturated heterocycles. The summed E-state index contributed by atoms with van der Waals surface area (Å²) in [4.78, 5) is 16.0. The van der Waals surface area contributed by atoms with Crippen LogP contribution in [-0.2, 0) is 6.42 Å². The SMILES string of the molecule is CCOc1cc(C)c(CCNC(=O)c2ccccn2)cc1C. The van der Waals surface area contributed by atoms with Crippen LogP contribution in [0.3, 0.4) is 0 Å². The van der Waals surface area contributed by atoms with Gasteiger partial charge in [0.15, 0.2) is 0 Å². The second-order valence-corrected chi connectivity index (χ2v) is 5.20. The van der Waals surface area contributed by atoms with E-state index in [0.717, 1.165) is 17.7 Å². The number of carbonyl (C=O) groups is 1. The highest BCUT2D eigenvalue weighted by atomic mass is 16.5. The van der Waals surface area contributed by atoms with Crippen LogP contribution in [0.25, 0.3) is 0 Å². The molecule has 0 aliphatic heterocycles. The van der Waals surface area contributed by atoms with Crippen molar-refractivity contribution in [3.8, 4) is 5.75 Å². The van der Waals surface area contributed by atoms with Crippen molar-refractivity contribution in [3.05, 3.63) is 58.9 Å². The van der Waals surface area contributed by atoms with Gasteiger partial charge in [-0.05, 0) is 62.1 Å². The monoisotopic (exact) mass is 298 g/mol. The fourth-order valence-electron chi connectivity index (χ4n) is 2.33. The molecule has 1 heterocycles. The third-order valence-electron chi connectivity index (χ3n) is 3.51. The molecule has 1 N–H and O–H groups in total. The van der Waals surface area contributed by atoms with Gasteiger partial charge in [-0.25, -0.2) is 0 Å². The molecule has 0 saturated carbocycles. The van der Waals surface area contributed by atoms with Gasteiger partial charge in [0.25, 0.3) is 5.91 Å². The topological polar surface area (TPSA) is 51.2 Å². The fraction of sp³-hybridized carbons (Fsp3) is 0.333. The molecule has 2 aromatic rings. The predicted octanol–water partition coefficient (Wildman–Crippen LogP) is 3.07. The Hall–Kier alpha value is -2.36. The third-order valence-corrected chi connectivity index (χ3v) is 3.51. The molecule has 4 nitrogen and oxygen atoms in total. The lowest BCUT2D eigenvalue weighted by Gasteiger charge is -2.13. The molecule has 1 aromatic heterocycles. The molecule has 22 heavy (non-hydrogen) atoms. The average molecular weight is 298 g/mol. The van der Waals surface area contributed by atoms with E-state index in [0.29, 0.717) is 18.8 Å². The number of aryl methyl sites for hydroxylation is 2. The Balaban J connectivity index is 1.95. The van der Waals surface area contributed by atoms with Gasteiger partial charge in [-0.2, -0.15) is 0 Å². The van der Waals surface area contributed by atoms with Crippen LogP contribution >= 0.6 is 0 Å². The van der Waals surface area contributed by atoms with Crippen LogP contribution < -0.4 is 10.1 Å². The summed E-state index contributed by atoms with van der Waals surface area (Å²) < 4.78 is 5.59. The van der Waals surface area contributed by atoms with Crippen molar-refractivity contribution in [2.45, 2.75) is 27.2 Å². The van der Waals surface area contributed by atoms with Crippen molar-refractivity contribution in [3.63, 3.8) is 0 Å². The number of carbonyl (C=O) groups excluding carboxylic acids is 1. The predicted molar refractivity (Wildman–Crippen MR) is 87.4 cm³/mol. The molecule has 0 aliphatic rings. The number of aromatic nitrogens is 1. The van der Waals surface area contributed by atoms with Crippen LogP contribution in [0.15, 0.2) is 36.5 Å². The maximum Gasteiger partial charge on any atom is 0.269 e. The lowest BCUT2D eigenvalue weighted by molar-refractivity contribution is 0.0949. The van der Waals surface area contributed by atoms with Gasteiger partial charge in [-0.15, -0.1) is 0 Å². The van der Waals surface area contributed by atoms with Crippen LogP contribution in [0.5, 0.6) is 5.75 Å². The molecular formula is C18H22N2O2. The van der Waals surface area contributed by atoms with Gasteiger partial charge in [-0.3, -0.25) is 9.78 Å². The number of amides is 1. The molecule has 0 spiro atoms. The Morgan fingerprint density at radius 1 is 1.23 bits per heavy atom. The summed E-state index contributed by atoms with van der Waals surface area (Å²) in [5.41, 5.74) is 3.98. The van der Waals surface area contributed by atoms with Crippen LogP contribution in [0.1, 0.15) is 34.1 Å². The summed E-state index contributed by atoms with van der Waals surface area (Å²) in [6.45, 7) is 7.34. The molecule has 4 heteroatoms. The van der Waals surface area contributed by atoms with E-state index in [4.69, 9.17) is 4.74 Å². The van der Waals surface area contributed by atoms with E-state index in [1.807, 2.05) is 19.9 Å². The number of hydrogen-bond donors (Lipinski definition) is 1. The van der Waals surface area contributed by atoms with E-state index in [2.05, 4.69) is 29.4 Å². The normalized spacial score (nSPS) is 10.3. The van der Waals surface area contributed by atoms with Gasteiger partial charge >= 0.3 is 0 Å². The minimum Gasteiger partial charge on any atom is -0.494 e. The highest BCUT2D eigenvalue weighted by molar-refractivity contribution is 5.92. The molecule has 0 bridgehead atoms. The van der Waals surface area contributed by atoms with Crippen LogP contribution in [0.2, 0.25) is 0 Å². The highest BCUT2D eigenvalue weighted by Gasteiger charge is 2.08. The summed E-state index contributed by atoms with van der Waals surface area (Å²) in [7, 11) is 0. The molecule has 1 amide bonds. The van der Waals surface area contributed by atoms with Gasteiger partial charge in [-0.1, -0.05) is 12.1 Å². The van der Waals surface area contributed by atoms with Gasteiger partial charge in [0, 0.05) is 12.7 Å². The van der Waals surface area contributed by atoms with Crippen LogP contribution in [0, 0.1) is 13.8 Å². The van der Waals surface area contributed by atoms with Crippen molar-refractivity contribution in [1.29, 1.82) is 0 Å². The van der Waals surface area contributed by atoms with Gasteiger partial charge in [0.2, 0.25) is 0 Å². The summed E-state index contributed by atoms with van der Waals surface area (Å²) in [5.74, 6) is 0.794. The molecule has 1 aromatic carbocycles. The zero-order valence-corrected chi connectivity index (χ0v) is 13.3. The van der Waals surface area contributed by atoms with Gasteiger partial charge < -0.3 is 10.1 Å². The second kappa shape index (κ2) is 7.59. The zero-order chi connectivity index (χ0) is 15.9. The Kier molecular flexibility index (Phi) is 5.53.